The molecule has 0 fully saturated rings. The van der Waals surface area contributed by atoms with Crippen LogP contribution in [0.3, 0.4) is 0 Å². The van der Waals surface area contributed by atoms with Crippen molar-refractivity contribution in [1.82, 2.24) is 4.31 Å². The van der Waals surface area contributed by atoms with E-state index in [2.05, 4.69) is 19.2 Å². The molecule has 0 radical (unpaired) electrons. The highest BCUT2D eigenvalue weighted by Gasteiger charge is 2.22. The van der Waals surface area contributed by atoms with Gasteiger partial charge >= 0.3 is 5.97 Å². The topological polar surface area (TPSA) is 95.9 Å². The maximum absolute atomic E-state index is 12.7. The van der Waals surface area contributed by atoms with Crippen LogP contribution in [0.2, 0.25) is 0 Å². The van der Waals surface area contributed by atoms with Crippen LogP contribution in [0.5, 0.6) is 0 Å². The number of anilines is 1. The highest BCUT2D eigenvalue weighted by atomic mass is 32.2. The molecule has 0 amide bonds. The van der Waals surface area contributed by atoms with Crippen LogP contribution in [0, 0.1) is 0 Å². The SMILES string of the molecule is CC(C)c1ccc(COC(=O)c2cc(S(=O)(=O)N(C)C)ccc2NCCO)cc1. The number of carbonyl (C=O) groups excluding carboxylic acids is 1. The number of aliphatic hydroxyl groups excluding tert-OH is 1. The molecule has 0 aliphatic heterocycles. The van der Waals surface area contributed by atoms with E-state index in [0.717, 1.165) is 9.87 Å². The Balaban J connectivity index is 2.25. The Labute approximate surface area is 172 Å². The molecule has 0 atom stereocenters. The molecule has 0 heterocycles. The summed E-state index contributed by atoms with van der Waals surface area (Å²) < 4.78 is 31.3. The summed E-state index contributed by atoms with van der Waals surface area (Å²) in [6.45, 7) is 4.36. The fourth-order valence-electron chi connectivity index (χ4n) is 2.63. The van der Waals surface area contributed by atoms with Crippen molar-refractivity contribution >= 4 is 21.7 Å². The lowest BCUT2D eigenvalue weighted by atomic mass is 10.0. The molecule has 2 N–H and O–H groups in total. The summed E-state index contributed by atoms with van der Waals surface area (Å²) in [4.78, 5) is 12.7. The number of esters is 1. The smallest absolute Gasteiger partial charge is 0.340 e. The lowest BCUT2D eigenvalue weighted by Crippen LogP contribution is -2.23. The monoisotopic (exact) mass is 420 g/mol. The number of rotatable bonds is 9. The van der Waals surface area contributed by atoms with Gasteiger partial charge in [0.1, 0.15) is 6.61 Å². The Hall–Kier alpha value is -2.42. The van der Waals surface area contributed by atoms with E-state index in [-0.39, 0.29) is 30.2 Å². The number of nitrogens with one attached hydrogen (secondary N) is 1. The van der Waals surface area contributed by atoms with Gasteiger partial charge < -0.3 is 15.2 Å². The van der Waals surface area contributed by atoms with Gasteiger partial charge in [0.25, 0.3) is 0 Å². The van der Waals surface area contributed by atoms with Crippen molar-refractivity contribution in [1.29, 1.82) is 0 Å². The van der Waals surface area contributed by atoms with Crippen molar-refractivity contribution in [3.8, 4) is 0 Å². The van der Waals surface area contributed by atoms with Gasteiger partial charge in [0.2, 0.25) is 10.0 Å². The first kappa shape index (κ1) is 22.9. The molecule has 0 saturated heterocycles. The van der Waals surface area contributed by atoms with E-state index >= 15 is 0 Å². The quantitative estimate of drug-likeness (QED) is 0.606. The van der Waals surface area contributed by atoms with E-state index in [0.29, 0.717) is 11.6 Å². The van der Waals surface area contributed by atoms with Crippen LogP contribution in [-0.4, -0.2) is 51.0 Å². The summed E-state index contributed by atoms with van der Waals surface area (Å²) in [5.74, 6) is -0.234. The zero-order valence-corrected chi connectivity index (χ0v) is 18.0. The van der Waals surface area contributed by atoms with Gasteiger partial charge in [0.15, 0.2) is 0 Å². The molecule has 0 spiro atoms. The number of sulfonamides is 1. The van der Waals surface area contributed by atoms with Crippen molar-refractivity contribution in [3.63, 3.8) is 0 Å². The predicted molar refractivity (Wildman–Crippen MR) is 113 cm³/mol. The molecule has 0 unspecified atom stereocenters. The first-order valence-corrected chi connectivity index (χ1v) is 10.8. The molecule has 0 saturated carbocycles. The summed E-state index contributed by atoms with van der Waals surface area (Å²) in [6, 6.07) is 12.0. The predicted octanol–water partition coefficient (Wildman–Crippen LogP) is 2.82. The number of benzene rings is 2. The fraction of sp³-hybridized carbons (Fsp3) is 0.381. The third-order valence-corrected chi connectivity index (χ3v) is 6.24. The highest BCUT2D eigenvalue weighted by molar-refractivity contribution is 7.89. The minimum atomic E-state index is -3.70. The maximum atomic E-state index is 12.7. The fourth-order valence-corrected chi connectivity index (χ4v) is 3.56. The Morgan fingerprint density at radius 1 is 1.14 bits per heavy atom. The van der Waals surface area contributed by atoms with Gasteiger partial charge in [-0.3, -0.25) is 0 Å². The lowest BCUT2D eigenvalue weighted by Gasteiger charge is -2.15. The Kier molecular flexibility index (Phi) is 7.78. The molecule has 29 heavy (non-hydrogen) atoms. The van der Waals surface area contributed by atoms with Crippen molar-refractivity contribution in [3.05, 3.63) is 59.2 Å². The number of hydrogen-bond acceptors (Lipinski definition) is 6. The third kappa shape index (κ3) is 5.79. The average Bonchev–Trinajstić information content (AvgIpc) is 2.70. The zero-order chi connectivity index (χ0) is 21.6. The van der Waals surface area contributed by atoms with Crippen molar-refractivity contribution in [2.24, 2.45) is 0 Å². The molecule has 158 valence electrons. The second-order valence-corrected chi connectivity index (χ2v) is 9.27. The van der Waals surface area contributed by atoms with Crippen LogP contribution >= 0.6 is 0 Å². The second kappa shape index (κ2) is 9.87. The third-order valence-electron chi connectivity index (χ3n) is 4.43. The van der Waals surface area contributed by atoms with Crippen LogP contribution in [0.4, 0.5) is 5.69 Å². The van der Waals surface area contributed by atoms with Crippen LogP contribution < -0.4 is 5.32 Å². The first-order chi connectivity index (χ1) is 13.7. The highest BCUT2D eigenvalue weighted by Crippen LogP contribution is 2.24. The summed E-state index contributed by atoms with van der Waals surface area (Å²) in [5.41, 5.74) is 2.53. The summed E-state index contributed by atoms with van der Waals surface area (Å²) in [6.07, 6.45) is 0. The standard InChI is InChI=1S/C21H28N2O5S/c1-15(2)17-7-5-16(6-8-17)14-28-21(25)19-13-18(29(26,27)23(3)4)9-10-20(19)22-11-12-24/h5-10,13,15,22,24H,11-12,14H2,1-4H3. The molecule has 2 rings (SSSR count). The van der Waals surface area contributed by atoms with Gasteiger partial charge in [-0.2, -0.15) is 0 Å². The van der Waals surface area contributed by atoms with Crippen LogP contribution in [0.1, 0.15) is 41.3 Å². The number of ether oxygens (including phenoxy) is 1. The molecule has 0 aliphatic carbocycles. The molecule has 0 aliphatic rings. The molecule has 7 nitrogen and oxygen atoms in total. The molecular weight excluding hydrogens is 392 g/mol. The summed E-state index contributed by atoms with van der Waals surface area (Å²) in [5, 5.41) is 12.0. The molecule has 2 aromatic carbocycles. The van der Waals surface area contributed by atoms with Crippen molar-refractivity contribution < 1.29 is 23.1 Å². The van der Waals surface area contributed by atoms with E-state index in [1.54, 1.807) is 0 Å². The first-order valence-electron chi connectivity index (χ1n) is 9.34. The second-order valence-electron chi connectivity index (χ2n) is 7.12. The van der Waals surface area contributed by atoms with Crippen LogP contribution in [0.15, 0.2) is 47.4 Å². The van der Waals surface area contributed by atoms with Crippen LogP contribution in [0.25, 0.3) is 0 Å². The Bertz CT molecular complexity index is 938. The van der Waals surface area contributed by atoms with Gasteiger partial charge in [-0.05, 0) is 35.2 Å². The maximum Gasteiger partial charge on any atom is 0.340 e. The number of aliphatic hydroxyl groups is 1. The Morgan fingerprint density at radius 3 is 2.34 bits per heavy atom. The largest absolute Gasteiger partial charge is 0.457 e. The number of nitrogens with zero attached hydrogens (tertiary/aromatic N) is 1. The minimum Gasteiger partial charge on any atom is -0.457 e. The van der Waals surface area contributed by atoms with E-state index < -0.39 is 16.0 Å². The van der Waals surface area contributed by atoms with Gasteiger partial charge in [-0.25, -0.2) is 17.5 Å². The number of hydrogen-bond donors (Lipinski definition) is 2. The molecule has 0 aromatic heterocycles. The molecule has 2 aromatic rings. The Morgan fingerprint density at radius 2 is 1.79 bits per heavy atom. The van der Waals surface area contributed by atoms with E-state index in [1.807, 2.05) is 24.3 Å². The van der Waals surface area contributed by atoms with Crippen LogP contribution in [-0.2, 0) is 21.4 Å². The summed E-state index contributed by atoms with van der Waals surface area (Å²) in [7, 11) is -0.856. The lowest BCUT2D eigenvalue weighted by molar-refractivity contribution is 0.0473. The molecular formula is C21H28N2O5S. The minimum absolute atomic E-state index is 0.00900. The van der Waals surface area contributed by atoms with Gasteiger partial charge in [0, 0.05) is 26.3 Å². The normalized spacial score (nSPS) is 11.7. The van der Waals surface area contributed by atoms with E-state index in [4.69, 9.17) is 9.84 Å². The number of carbonyl (C=O) groups is 1. The van der Waals surface area contributed by atoms with Crippen molar-refractivity contribution in [2.75, 3.05) is 32.6 Å². The molecule has 0 bridgehead atoms. The summed E-state index contributed by atoms with van der Waals surface area (Å²) >= 11 is 0. The molecule has 8 heteroatoms. The van der Waals surface area contributed by atoms with Gasteiger partial charge in [-0.1, -0.05) is 38.1 Å². The van der Waals surface area contributed by atoms with E-state index in [9.17, 15) is 13.2 Å². The average molecular weight is 421 g/mol. The van der Waals surface area contributed by atoms with Gasteiger partial charge in [-0.15, -0.1) is 0 Å². The zero-order valence-electron chi connectivity index (χ0n) is 17.2. The van der Waals surface area contributed by atoms with Gasteiger partial charge in [0.05, 0.1) is 17.1 Å². The van der Waals surface area contributed by atoms with Crippen molar-refractivity contribution in [2.45, 2.75) is 31.3 Å². The van der Waals surface area contributed by atoms with E-state index in [1.165, 1.54) is 37.9 Å².